The summed E-state index contributed by atoms with van der Waals surface area (Å²) in [6.07, 6.45) is -2.65. The Labute approximate surface area is 113 Å². The molecule has 1 aromatic rings. The Morgan fingerprint density at radius 2 is 2.15 bits per heavy atom. The molecule has 0 heterocycles. The number of aliphatic hydroxyl groups excluding tert-OH is 1. The Balaban J connectivity index is 3.20. The lowest BCUT2D eigenvalue weighted by molar-refractivity contribution is -0.385. The molecule has 0 unspecified atom stereocenters. The van der Waals surface area contributed by atoms with Gasteiger partial charge in [-0.15, -0.1) is 0 Å². The molecule has 6 nitrogen and oxygen atoms in total. The van der Waals surface area contributed by atoms with E-state index < -0.39 is 29.4 Å². The molecule has 1 N–H and O–H groups in total. The van der Waals surface area contributed by atoms with Crippen molar-refractivity contribution in [3.05, 3.63) is 33.9 Å². The van der Waals surface area contributed by atoms with Gasteiger partial charge in [-0.1, -0.05) is 0 Å². The smallest absolute Gasteiger partial charge is 0.282 e. The number of anilines is 1. The lowest BCUT2D eigenvalue weighted by Crippen LogP contribution is -2.31. The van der Waals surface area contributed by atoms with Crippen LogP contribution in [0.1, 0.15) is 17.3 Å². The summed E-state index contributed by atoms with van der Waals surface area (Å²) < 4.78 is 24.9. The van der Waals surface area contributed by atoms with Crippen LogP contribution < -0.4 is 4.90 Å². The standard InChI is InChI=1S/C12H14F2N2O4/c1-8(18)10-3-2-9(6-11(10)16(19)20)15(4-5-17)7-12(13)14/h2-3,6,12,17H,4-5,7H2,1H3. The number of hydrogen-bond donors (Lipinski definition) is 1. The van der Waals surface area contributed by atoms with Crippen LogP contribution in [0.25, 0.3) is 0 Å². The highest BCUT2D eigenvalue weighted by Gasteiger charge is 2.21. The maximum absolute atomic E-state index is 12.4. The van der Waals surface area contributed by atoms with Crippen LogP contribution in [0.15, 0.2) is 18.2 Å². The maximum Gasteiger partial charge on any atom is 0.282 e. The second kappa shape index (κ2) is 6.90. The topological polar surface area (TPSA) is 83.7 Å². The van der Waals surface area contributed by atoms with Crippen molar-refractivity contribution >= 4 is 17.2 Å². The summed E-state index contributed by atoms with van der Waals surface area (Å²) in [4.78, 5) is 22.6. The molecule has 8 heteroatoms. The molecule has 0 bridgehead atoms. The maximum atomic E-state index is 12.4. The number of nitro benzene ring substituents is 1. The predicted molar refractivity (Wildman–Crippen MR) is 68.4 cm³/mol. The summed E-state index contributed by atoms with van der Waals surface area (Å²) in [5, 5.41) is 19.8. The predicted octanol–water partition coefficient (Wildman–Crippen LogP) is 1.86. The van der Waals surface area contributed by atoms with Crippen LogP contribution in [-0.2, 0) is 0 Å². The molecule has 0 saturated carbocycles. The van der Waals surface area contributed by atoms with Crippen LogP contribution in [-0.4, -0.2) is 41.9 Å². The fourth-order valence-corrected chi connectivity index (χ4v) is 1.78. The van der Waals surface area contributed by atoms with Crippen molar-refractivity contribution < 1.29 is 23.6 Å². The minimum Gasteiger partial charge on any atom is -0.395 e. The van der Waals surface area contributed by atoms with E-state index in [4.69, 9.17) is 5.11 Å². The van der Waals surface area contributed by atoms with Gasteiger partial charge in [0.05, 0.1) is 23.6 Å². The van der Waals surface area contributed by atoms with Crippen molar-refractivity contribution in [1.29, 1.82) is 0 Å². The Hall–Kier alpha value is -2.09. The van der Waals surface area contributed by atoms with Gasteiger partial charge in [0.25, 0.3) is 12.1 Å². The quantitative estimate of drug-likeness (QED) is 0.470. The van der Waals surface area contributed by atoms with E-state index in [0.717, 1.165) is 11.0 Å². The Morgan fingerprint density at radius 1 is 1.50 bits per heavy atom. The van der Waals surface area contributed by atoms with Gasteiger partial charge in [-0.25, -0.2) is 8.78 Å². The lowest BCUT2D eigenvalue weighted by atomic mass is 10.1. The molecular weight excluding hydrogens is 274 g/mol. The Bertz CT molecular complexity index is 508. The number of Topliss-reactive ketones (excluding diaryl/α,β-unsaturated/α-hetero) is 1. The average Bonchev–Trinajstić information content (AvgIpc) is 2.36. The van der Waals surface area contributed by atoms with Crippen LogP contribution in [0.5, 0.6) is 0 Å². The van der Waals surface area contributed by atoms with Crippen molar-refractivity contribution in [3.63, 3.8) is 0 Å². The molecule has 0 amide bonds. The molecule has 0 aromatic heterocycles. The number of carbonyl (C=O) groups is 1. The van der Waals surface area contributed by atoms with Crippen molar-refractivity contribution in [3.8, 4) is 0 Å². The van der Waals surface area contributed by atoms with E-state index in [1.54, 1.807) is 0 Å². The summed E-state index contributed by atoms with van der Waals surface area (Å²) >= 11 is 0. The third-order valence-electron chi connectivity index (χ3n) is 2.65. The lowest BCUT2D eigenvalue weighted by Gasteiger charge is -2.23. The van der Waals surface area contributed by atoms with Crippen molar-refractivity contribution in [1.82, 2.24) is 0 Å². The molecule has 110 valence electrons. The number of rotatable bonds is 7. The molecule has 0 atom stereocenters. The van der Waals surface area contributed by atoms with Crippen LogP contribution in [0.2, 0.25) is 0 Å². The van der Waals surface area contributed by atoms with Gasteiger partial charge in [0, 0.05) is 18.3 Å². The van der Waals surface area contributed by atoms with Gasteiger partial charge in [0.2, 0.25) is 0 Å². The molecular formula is C12H14F2N2O4. The molecule has 0 saturated heterocycles. The van der Waals surface area contributed by atoms with Gasteiger partial charge in [-0.2, -0.15) is 0 Å². The van der Waals surface area contributed by atoms with E-state index in [2.05, 4.69) is 0 Å². The first kappa shape index (κ1) is 16.0. The molecule has 0 spiro atoms. The molecule has 0 fully saturated rings. The van der Waals surface area contributed by atoms with E-state index >= 15 is 0 Å². The van der Waals surface area contributed by atoms with Gasteiger partial charge < -0.3 is 10.0 Å². The number of benzene rings is 1. The van der Waals surface area contributed by atoms with Gasteiger partial charge in [-0.3, -0.25) is 14.9 Å². The third-order valence-corrected chi connectivity index (χ3v) is 2.65. The van der Waals surface area contributed by atoms with Crippen molar-refractivity contribution in [2.45, 2.75) is 13.3 Å². The zero-order valence-corrected chi connectivity index (χ0v) is 10.8. The number of ketones is 1. The summed E-state index contributed by atoms with van der Waals surface area (Å²) in [7, 11) is 0. The Morgan fingerprint density at radius 3 is 2.60 bits per heavy atom. The molecule has 1 aromatic carbocycles. The highest BCUT2D eigenvalue weighted by atomic mass is 19.3. The van der Waals surface area contributed by atoms with Crippen molar-refractivity contribution in [2.75, 3.05) is 24.6 Å². The second-order valence-electron chi connectivity index (χ2n) is 4.08. The molecule has 0 aliphatic rings. The largest absolute Gasteiger partial charge is 0.395 e. The normalized spacial score (nSPS) is 10.7. The second-order valence-corrected chi connectivity index (χ2v) is 4.08. The van der Waals surface area contributed by atoms with Gasteiger partial charge >= 0.3 is 0 Å². The molecule has 0 radical (unpaired) electrons. The van der Waals surface area contributed by atoms with Crippen molar-refractivity contribution in [2.24, 2.45) is 0 Å². The van der Waals surface area contributed by atoms with E-state index in [1.165, 1.54) is 19.1 Å². The van der Waals surface area contributed by atoms with Gasteiger partial charge in [0.15, 0.2) is 5.78 Å². The summed E-state index contributed by atoms with van der Waals surface area (Å²) in [6, 6.07) is 3.64. The summed E-state index contributed by atoms with van der Waals surface area (Å²) in [5.74, 6) is -0.481. The first-order valence-electron chi connectivity index (χ1n) is 5.80. The SMILES string of the molecule is CC(=O)c1ccc(N(CCO)CC(F)F)cc1[N+](=O)[O-]. The zero-order valence-electron chi connectivity index (χ0n) is 10.8. The summed E-state index contributed by atoms with van der Waals surface area (Å²) in [5.41, 5.74) is -0.358. The van der Waals surface area contributed by atoms with E-state index in [9.17, 15) is 23.7 Å². The number of aliphatic hydroxyl groups is 1. The first-order chi connectivity index (χ1) is 9.36. The summed E-state index contributed by atoms with van der Waals surface area (Å²) in [6.45, 7) is 0.0830. The fourth-order valence-electron chi connectivity index (χ4n) is 1.78. The molecule has 20 heavy (non-hydrogen) atoms. The van der Waals surface area contributed by atoms with Gasteiger partial charge in [0.1, 0.15) is 0 Å². The number of nitro groups is 1. The van der Waals surface area contributed by atoms with Crippen LogP contribution in [0, 0.1) is 10.1 Å². The van der Waals surface area contributed by atoms with Gasteiger partial charge in [-0.05, 0) is 19.1 Å². The first-order valence-corrected chi connectivity index (χ1v) is 5.80. The number of carbonyl (C=O) groups excluding carboxylic acids is 1. The van der Waals surface area contributed by atoms with E-state index in [-0.39, 0.29) is 24.4 Å². The number of nitrogens with zero attached hydrogens (tertiary/aromatic N) is 2. The van der Waals surface area contributed by atoms with E-state index in [0.29, 0.717) is 0 Å². The molecule has 0 aliphatic heterocycles. The fraction of sp³-hybridized carbons (Fsp3) is 0.417. The number of halogens is 2. The highest BCUT2D eigenvalue weighted by molar-refractivity contribution is 5.98. The minimum absolute atomic E-state index is 0.0824. The monoisotopic (exact) mass is 288 g/mol. The average molecular weight is 288 g/mol. The highest BCUT2D eigenvalue weighted by Crippen LogP contribution is 2.26. The minimum atomic E-state index is -2.65. The molecule has 0 aliphatic carbocycles. The number of hydrogen-bond acceptors (Lipinski definition) is 5. The van der Waals surface area contributed by atoms with E-state index in [1.807, 2.05) is 0 Å². The third kappa shape index (κ3) is 3.95. The van der Waals surface area contributed by atoms with Crippen LogP contribution >= 0.6 is 0 Å². The zero-order chi connectivity index (χ0) is 15.3. The van der Waals surface area contributed by atoms with Crippen LogP contribution in [0.3, 0.4) is 0 Å². The Kier molecular flexibility index (Phi) is 5.51. The molecule has 1 rings (SSSR count). The van der Waals surface area contributed by atoms with Crippen LogP contribution in [0.4, 0.5) is 20.2 Å². The number of alkyl halides is 2.